The number of carbonyl (C=O) groups excluding carboxylic acids is 3. The van der Waals surface area contributed by atoms with Gasteiger partial charge in [0.25, 0.3) is 11.8 Å². The fourth-order valence-electron chi connectivity index (χ4n) is 4.41. The Morgan fingerprint density at radius 3 is 2.59 bits per heavy atom. The highest BCUT2D eigenvalue weighted by Gasteiger charge is 2.27. The van der Waals surface area contributed by atoms with Crippen molar-refractivity contribution in [2.24, 2.45) is 16.1 Å². The summed E-state index contributed by atoms with van der Waals surface area (Å²) >= 11 is 0. The lowest BCUT2D eigenvalue weighted by atomic mass is 9.89. The summed E-state index contributed by atoms with van der Waals surface area (Å²) in [6.07, 6.45) is 7.50. The Morgan fingerprint density at radius 1 is 1.05 bits per heavy atom. The molecule has 2 aliphatic rings. The third-order valence-electron chi connectivity index (χ3n) is 6.37. The molecule has 3 N–H and O–H groups in total. The fourth-order valence-corrected chi connectivity index (χ4v) is 4.41. The van der Waals surface area contributed by atoms with E-state index in [2.05, 4.69) is 26.0 Å². The van der Waals surface area contributed by atoms with Crippen molar-refractivity contribution in [2.75, 3.05) is 11.9 Å². The number of para-hydroxylation sites is 1. The molecule has 2 heterocycles. The van der Waals surface area contributed by atoms with Crippen LogP contribution in [0.2, 0.25) is 0 Å². The van der Waals surface area contributed by atoms with Crippen molar-refractivity contribution in [1.82, 2.24) is 15.1 Å². The Bertz CT molecular complexity index is 1570. The molecule has 0 bridgehead atoms. The average Bonchev–Trinajstić information content (AvgIpc) is 3.30. The highest BCUT2D eigenvalue weighted by Crippen LogP contribution is 2.34. The summed E-state index contributed by atoms with van der Waals surface area (Å²) in [5.74, 6) is -1.32. The Morgan fingerprint density at radius 2 is 1.82 bits per heavy atom. The van der Waals surface area contributed by atoms with E-state index < -0.39 is 11.5 Å². The highest BCUT2D eigenvalue weighted by atomic mass is 16.3. The van der Waals surface area contributed by atoms with Gasteiger partial charge < -0.3 is 15.7 Å². The molecule has 0 fully saturated rings. The highest BCUT2D eigenvalue weighted by molar-refractivity contribution is 6.11. The van der Waals surface area contributed by atoms with Crippen LogP contribution in [0.3, 0.4) is 0 Å². The molecule has 5 rings (SSSR count). The zero-order valence-corrected chi connectivity index (χ0v) is 21.6. The van der Waals surface area contributed by atoms with Gasteiger partial charge >= 0.3 is 0 Å². The molecule has 198 valence electrons. The van der Waals surface area contributed by atoms with E-state index in [4.69, 9.17) is 0 Å². The van der Waals surface area contributed by atoms with Gasteiger partial charge in [0.1, 0.15) is 0 Å². The molecule has 1 aliphatic carbocycles. The van der Waals surface area contributed by atoms with Gasteiger partial charge in [-0.05, 0) is 37.6 Å². The second kappa shape index (κ2) is 10.6. The number of anilines is 1. The summed E-state index contributed by atoms with van der Waals surface area (Å²) in [6.45, 7) is 3.66. The van der Waals surface area contributed by atoms with E-state index in [1.807, 2.05) is 54.6 Å². The molecular weight excluding hydrogens is 496 g/mol. The van der Waals surface area contributed by atoms with Gasteiger partial charge in [-0.25, -0.2) is 0 Å². The molecule has 10 nitrogen and oxygen atoms in total. The van der Waals surface area contributed by atoms with Crippen LogP contribution in [0.15, 0.2) is 88.6 Å². The van der Waals surface area contributed by atoms with Gasteiger partial charge in [-0.3, -0.25) is 19.1 Å². The topological polar surface area (TPSA) is 138 Å². The number of amides is 3. The van der Waals surface area contributed by atoms with E-state index in [9.17, 15) is 19.5 Å². The molecule has 1 unspecified atom stereocenters. The average molecular weight is 525 g/mol. The number of allylic oxidation sites excluding steroid dienone is 3. The minimum atomic E-state index is -0.999. The first-order chi connectivity index (χ1) is 18.7. The quantitative estimate of drug-likeness (QED) is 0.409. The molecule has 39 heavy (non-hydrogen) atoms. The molecule has 3 amide bonds. The molecule has 0 spiro atoms. The number of benzene rings is 2. The van der Waals surface area contributed by atoms with Crippen molar-refractivity contribution < 1.29 is 19.5 Å². The Balaban J connectivity index is 1.31. The second-order valence-electron chi connectivity index (χ2n) is 10.0. The number of rotatable bonds is 8. The van der Waals surface area contributed by atoms with Crippen LogP contribution in [-0.4, -0.2) is 44.8 Å². The van der Waals surface area contributed by atoms with Gasteiger partial charge in [-0.2, -0.15) is 5.10 Å². The standard InChI is InChI=1S/C29H28N6O4/c1-29(2,39)17-30-24(36)15-16-35-23-10-6-5-9-22(23)26(34-35)28(38)31-19-13-11-18(12-14-19)25-20-7-3-4-8-21(20)27(37)33-32-25/h3-14,21,39H,15-17H2,1-2H3,(H,30,36)(H,31,38). The van der Waals surface area contributed by atoms with Crippen molar-refractivity contribution in [3.05, 3.63) is 89.7 Å². The number of aromatic nitrogens is 2. The van der Waals surface area contributed by atoms with Crippen LogP contribution in [0.4, 0.5) is 5.69 Å². The summed E-state index contributed by atoms with van der Waals surface area (Å²) in [5, 5.41) is 28.5. The van der Waals surface area contributed by atoms with Crippen LogP contribution in [0, 0.1) is 5.92 Å². The summed E-state index contributed by atoms with van der Waals surface area (Å²) in [6, 6.07) is 14.5. The van der Waals surface area contributed by atoms with Crippen molar-refractivity contribution in [3.63, 3.8) is 0 Å². The van der Waals surface area contributed by atoms with Crippen LogP contribution in [-0.2, 0) is 16.1 Å². The van der Waals surface area contributed by atoms with E-state index in [0.29, 0.717) is 16.8 Å². The van der Waals surface area contributed by atoms with Gasteiger partial charge in [0, 0.05) is 29.6 Å². The SMILES string of the molecule is CC(C)(O)CNC(=O)CCn1nc(C(=O)Nc2ccc(C3=C4C=CC=CC4C(=O)N=N3)cc2)c2ccccc21. The Kier molecular flexibility index (Phi) is 7.03. The van der Waals surface area contributed by atoms with E-state index in [1.54, 1.807) is 36.7 Å². The summed E-state index contributed by atoms with van der Waals surface area (Å²) in [7, 11) is 0. The van der Waals surface area contributed by atoms with Crippen LogP contribution < -0.4 is 10.6 Å². The Hall–Kier alpha value is -4.70. The van der Waals surface area contributed by atoms with Crippen molar-refractivity contribution in [1.29, 1.82) is 0 Å². The van der Waals surface area contributed by atoms with Gasteiger partial charge in [0.15, 0.2) is 5.69 Å². The summed E-state index contributed by atoms with van der Waals surface area (Å²) in [4.78, 5) is 37.5. The van der Waals surface area contributed by atoms with Gasteiger partial charge in [-0.1, -0.05) is 54.6 Å². The molecule has 0 radical (unpaired) electrons. The molecule has 1 atom stereocenters. The normalized spacial score (nSPS) is 16.5. The Labute approximate surface area is 224 Å². The molecule has 10 heteroatoms. The first-order valence-electron chi connectivity index (χ1n) is 12.6. The molecule has 3 aromatic rings. The summed E-state index contributed by atoms with van der Waals surface area (Å²) < 4.78 is 1.64. The number of hydrogen-bond donors (Lipinski definition) is 3. The number of aryl methyl sites for hydroxylation is 1. The number of nitrogens with one attached hydrogen (secondary N) is 2. The third kappa shape index (κ3) is 5.75. The maximum Gasteiger partial charge on any atom is 0.276 e. The lowest BCUT2D eigenvalue weighted by molar-refractivity contribution is -0.122. The van der Waals surface area contributed by atoms with E-state index in [1.165, 1.54) is 0 Å². The summed E-state index contributed by atoms with van der Waals surface area (Å²) in [5.41, 5.74) is 2.75. The van der Waals surface area contributed by atoms with Crippen LogP contribution >= 0.6 is 0 Å². The van der Waals surface area contributed by atoms with Gasteiger partial charge in [-0.15, -0.1) is 10.2 Å². The molecule has 1 aliphatic heterocycles. The largest absolute Gasteiger partial charge is 0.389 e. The first-order valence-corrected chi connectivity index (χ1v) is 12.6. The fraction of sp³-hybridized carbons (Fsp3) is 0.241. The van der Waals surface area contributed by atoms with E-state index >= 15 is 0 Å². The number of nitrogens with zero attached hydrogens (tertiary/aromatic N) is 4. The smallest absolute Gasteiger partial charge is 0.276 e. The number of hydrogen-bond acceptors (Lipinski definition) is 6. The zero-order chi connectivity index (χ0) is 27.6. The molecule has 2 aromatic carbocycles. The van der Waals surface area contributed by atoms with Crippen LogP contribution in [0.5, 0.6) is 0 Å². The van der Waals surface area contributed by atoms with Crippen molar-refractivity contribution in [2.45, 2.75) is 32.4 Å². The van der Waals surface area contributed by atoms with Gasteiger partial charge in [0.05, 0.1) is 29.3 Å². The van der Waals surface area contributed by atoms with Crippen molar-refractivity contribution >= 4 is 40.0 Å². The predicted octanol–water partition coefficient (Wildman–Crippen LogP) is 4.01. The molecular formula is C29H28N6O4. The zero-order valence-electron chi connectivity index (χ0n) is 21.6. The van der Waals surface area contributed by atoms with Gasteiger partial charge in [0.2, 0.25) is 5.91 Å². The number of azo groups is 1. The molecule has 1 aromatic heterocycles. The van der Waals surface area contributed by atoms with Crippen LogP contribution in [0.1, 0.15) is 36.3 Å². The molecule has 0 saturated heterocycles. The third-order valence-corrected chi connectivity index (χ3v) is 6.37. The monoisotopic (exact) mass is 524 g/mol. The lowest BCUT2D eigenvalue weighted by Crippen LogP contribution is -2.38. The number of carbonyl (C=O) groups is 3. The van der Waals surface area contributed by atoms with Crippen molar-refractivity contribution in [3.8, 4) is 0 Å². The minimum absolute atomic E-state index is 0.145. The first kappa shape index (κ1) is 25.9. The maximum absolute atomic E-state index is 13.2. The predicted molar refractivity (Wildman–Crippen MR) is 147 cm³/mol. The second-order valence-corrected chi connectivity index (χ2v) is 10.0. The number of fused-ring (bicyclic) bond motifs is 2. The van der Waals surface area contributed by atoms with Crippen LogP contribution in [0.25, 0.3) is 16.6 Å². The maximum atomic E-state index is 13.2. The lowest BCUT2D eigenvalue weighted by Gasteiger charge is -2.19. The minimum Gasteiger partial charge on any atom is -0.389 e. The van der Waals surface area contributed by atoms with E-state index in [0.717, 1.165) is 16.7 Å². The van der Waals surface area contributed by atoms with E-state index in [-0.39, 0.29) is 42.9 Å². The molecule has 0 saturated carbocycles. The number of aliphatic hydroxyl groups is 1.